The number of halogens is 3. The van der Waals surface area contributed by atoms with Crippen molar-refractivity contribution in [2.75, 3.05) is 11.9 Å². The van der Waals surface area contributed by atoms with E-state index in [0.29, 0.717) is 5.82 Å². The molecule has 1 N–H and O–H groups in total. The fraction of sp³-hybridized carbons (Fsp3) is 0.286. The van der Waals surface area contributed by atoms with Crippen LogP contribution in [0.25, 0.3) is 0 Å². The molecule has 4 nitrogen and oxygen atoms in total. The first-order valence-corrected chi connectivity index (χ1v) is 6.40. The molecule has 0 fully saturated rings. The van der Waals surface area contributed by atoms with Gasteiger partial charge in [0.15, 0.2) is 0 Å². The molecule has 0 saturated heterocycles. The van der Waals surface area contributed by atoms with Gasteiger partial charge in [0.1, 0.15) is 17.9 Å². The molecule has 0 aliphatic heterocycles. The van der Waals surface area contributed by atoms with E-state index in [9.17, 15) is 13.2 Å². The second kappa shape index (κ2) is 6.43. The monoisotopic (exact) mass is 297 g/mol. The van der Waals surface area contributed by atoms with E-state index in [1.807, 2.05) is 6.92 Å². The molecule has 21 heavy (non-hydrogen) atoms. The quantitative estimate of drug-likeness (QED) is 0.902. The summed E-state index contributed by atoms with van der Waals surface area (Å²) in [6.07, 6.45) is -2.08. The molecule has 0 radical (unpaired) electrons. The minimum atomic E-state index is -4.36. The van der Waals surface area contributed by atoms with Crippen molar-refractivity contribution in [2.45, 2.75) is 19.5 Å². The molecule has 0 saturated carbocycles. The lowest BCUT2D eigenvalue weighted by molar-refractivity contribution is -0.137. The fourth-order valence-corrected chi connectivity index (χ4v) is 1.58. The van der Waals surface area contributed by atoms with E-state index in [1.54, 1.807) is 6.07 Å². The number of nitrogens with zero attached hydrogens (tertiary/aromatic N) is 2. The van der Waals surface area contributed by atoms with Crippen molar-refractivity contribution in [3.05, 3.63) is 42.2 Å². The van der Waals surface area contributed by atoms with Crippen molar-refractivity contribution in [3.63, 3.8) is 0 Å². The van der Waals surface area contributed by atoms with Crippen LogP contribution in [-0.4, -0.2) is 16.5 Å². The first kappa shape index (κ1) is 15.1. The molecule has 7 heteroatoms. The Morgan fingerprint density at radius 1 is 1.14 bits per heavy atom. The fourth-order valence-electron chi connectivity index (χ4n) is 1.58. The maximum Gasteiger partial charge on any atom is 0.416 e. The third-order valence-electron chi connectivity index (χ3n) is 2.60. The number of hydrogen-bond donors (Lipinski definition) is 1. The van der Waals surface area contributed by atoms with Gasteiger partial charge in [-0.1, -0.05) is 6.92 Å². The molecule has 0 unspecified atom stereocenters. The Kier molecular flexibility index (Phi) is 4.62. The number of benzene rings is 1. The van der Waals surface area contributed by atoms with E-state index in [0.717, 1.165) is 25.1 Å². The van der Waals surface area contributed by atoms with E-state index in [-0.39, 0.29) is 11.6 Å². The Morgan fingerprint density at radius 2 is 1.86 bits per heavy atom. The average molecular weight is 297 g/mol. The van der Waals surface area contributed by atoms with Gasteiger partial charge in [-0.25, -0.2) is 9.97 Å². The summed E-state index contributed by atoms with van der Waals surface area (Å²) in [5, 5.41) is 3.07. The van der Waals surface area contributed by atoms with Gasteiger partial charge in [0.2, 0.25) is 5.88 Å². The summed E-state index contributed by atoms with van der Waals surface area (Å²) in [4.78, 5) is 7.93. The third kappa shape index (κ3) is 4.34. The van der Waals surface area contributed by atoms with Crippen molar-refractivity contribution in [3.8, 4) is 11.6 Å². The lowest BCUT2D eigenvalue weighted by atomic mass is 10.2. The van der Waals surface area contributed by atoms with E-state index in [4.69, 9.17) is 4.74 Å². The predicted octanol–water partition coefficient (Wildman–Crippen LogP) is 4.11. The highest BCUT2D eigenvalue weighted by Crippen LogP contribution is 2.31. The SMILES string of the molecule is CCCNc1cc(Oc2ccc(C(F)(F)F)cc2)ncn1. The van der Waals surface area contributed by atoms with Gasteiger partial charge in [-0.05, 0) is 30.7 Å². The number of ether oxygens (including phenoxy) is 1. The van der Waals surface area contributed by atoms with Crippen LogP contribution < -0.4 is 10.1 Å². The molecule has 2 rings (SSSR count). The summed E-state index contributed by atoms with van der Waals surface area (Å²) in [5.74, 6) is 1.15. The summed E-state index contributed by atoms with van der Waals surface area (Å²) in [5.41, 5.74) is -0.720. The Morgan fingerprint density at radius 3 is 2.48 bits per heavy atom. The van der Waals surface area contributed by atoms with Crippen LogP contribution in [0.15, 0.2) is 36.7 Å². The van der Waals surface area contributed by atoms with Crippen LogP contribution in [0.5, 0.6) is 11.6 Å². The minimum absolute atomic E-state index is 0.267. The van der Waals surface area contributed by atoms with Gasteiger partial charge in [0.05, 0.1) is 5.56 Å². The molecule has 0 atom stereocenters. The molecule has 0 bridgehead atoms. The molecule has 112 valence electrons. The largest absolute Gasteiger partial charge is 0.439 e. The summed E-state index contributed by atoms with van der Waals surface area (Å²) in [6.45, 7) is 2.78. The Bertz CT molecular complexity index is 585. The smallest absolute Gasteiger partial charge is 0.416 e. The lowest BCUT2D eigenvalue weighted by Gasteiger charge is -2.09. The van der Waals surface area contributed by atoms with Crippen molar-refractivity contribution >= 4 is 5.82 Å². The van der Waals surface area contributed by atoms with Gasteiger partial charge in [0.25, 0.3) is 0 Å². The zero-order chi connectivity index (χ0) is 15.3. The zero-order valence-corrected chi connectivity index (χ0v) is 11.3. The lowest BCUT2D eigenvalue weighted by Crippen LogP contribution is -2.04. The van der Waals surface area contributed by atoms with Crippen LogP contribution in [0.4, 0.5) is 19.0 Å². The highest BCUT2D eigenvalue weighted by molar-refractivity contribution is 5.39. The minimum Gasteiger partial charge on any atom is -0.439 e. The zero-order valence-electron chi connectivity index (χ0n) is 11.3. The third-order valence-corrected chi connectivity index (χ3v) is 2.60. The Hall–Kier alpha value is -2.31. The normalized spacial score (nSPS) is 11.2. The van der Waals surface area contributed by atoms with Gasteiger partial charge in [-0.3, -0.25) is 0 Å². The second-order valence-electron chi connectivity index (χ2n) is 4.29. The van der Waals surface area contributed by atoms with E-state index in [2.05, 4.69) is 15.3 Å². The summed E-state index contributed by atoms with van der Waals surface area (Å²) >= 11 is 0. The summed E-state index contributed by atoms with van der Waals surface area (Å²) in [7, 11) is 0. The Labute approximate surface area is 120 Å². The van der Waals surface area contributed by atoms with Crippen molar-refractivity contribution < 1.29 is 17.9 Å². The highest BCUT2D eigenvalue weighted by Gasteiger charge is 2.30. The van der Waals surface area contributed by atoms with Gasteiger partial charge in [-0.15, -0.1) is 0 Å². The van der Waals surface area contributed by atoms with Crippen LogP contribution >= 0.6 is 0 Å². The van der Waals surface area contributed by atoms with Crippen molar-refractivity contribution in [2.24, 2.45) is 0 Å². The van der Waals surface area contributed by atoms with Gasteiger partial charge in [-0.2, -0.15) is 13.2 Å². The number of alkyl halides is 3. The topological polar surface area (TPSA) is 47.0 Å². The van der Waals surface area contributed by atoms with Crippen LogP contribution in [0, 0.1) is 0 Å². The van der Waals surface area contributed by atoms with Crippen LogP contribution in [-0.2, 0) is 6.18 Å². The molecular formula is C14H14F3N3O. The van der Waals surface area contributed by atoms with E-state index < -0.39 is 11.7 Å². The van der Waals surface area contributed by atoms with Gasteiger partial charge in [0, 0.05) is 12.6 Å². The molecule has 0 spiro atoms. The number of anilines is 1. The first-order chi connectivity index (χ1) is 9.99. The van der Waals surface area contributed by atoms with Gasteiger partial charge < -0.3 is 10.1 Å². The second-order valence-corrected chi connectivity index (χ2v) is 4.29. The highest BCUT2D eigenvalue weighted by atomic mass is 19.4. The number of rotatable bonds is 5. The standard InChI is InChI=1S/C14H14F3N3O/c1-2-7-18-12-8-13(20-9-19-12)21-11-5-3-10(4-6-11)14(15,16)17/h3-6,8-9H,2,7H2,1H3,(H,18,19,20). The van der Waals surface area contributed by atoms with Gasteiger partial charge >= 0.3 is 6.18 Å². The number of aromatic nitrogens is 2. The average Bonchev–Trinajstić information content (AvgIpc) is 2.45. The molecule has 0 amide bonds. The Balaban J connectivity index is 2.07. The number of nitrogens with one attached hydrogen (secondary N) is 1. The molecule has 1 aromatic carbocycles. The maximum absolute atomic E-state index is 12.4. The van der Waals surface area contributed by atoms with E-state index >= 15 is 0 Å². The van der Waals surface area contributed by atoms with E-state index in [1.165, 1.54) is 18.5 Å². The van der Waals surface area contributed by atoms with Crippen LogP contribution in [0.1, 0.15) is 18.9 Å². The molecule has 0 aliphatic rings. The molecule has 0 aliphatic carbocycles. The predicted molar refractivity (Wildman–Crippen MR) is 72.3 cm³/mol. The summed E-state index contributed by atoms with van der Waals surface area (Å²) < 4.78 is 42.8. The molecule has 1 aromatic heterocycles. The molecule has 1 heterocycles. The first-order valence-electron chi connectivity index (χ1n) is 6.40. The number of hydrogen-bond acceptors (Lipinski definition) is 4. The van der Waals surface area contributed by atoms with Crippen LogP contribution in [0.3, 0.4) is 0 Å². The molecular weight excluding hydrogens is 283 g/mol. The molecule has 2 aromatic rings. The van der Waals surface area contributed by atoms with Crippen molar-refractivity contribution in [1.82, 2.24) is 9.97 Å². The summed E-state index contributed by atoms with van der Waals surface area (Å²) in [6, 6.07) is 6.03. The van der Waals surface area contributed by atoms with Crippen molar-refractivity contribution in [1.29, 1.82) is 0 Å². The maximum atomic E-state index is 12.4. The van der Waals surface area contributed by atoms with Crippen LogP contribution in [0.2, 0.25) is 0 Å².